The number of nitrogens with zero attached hydrogens (tertiary/aromatic N) is 1. The summed E-state index contributed by atoms with van der Waals surface area (Å²) in [4.78, 5) is 0. The fourth-order valence-corrected chi connectivity index (χ4v) is 1.51. The van der Waals surface area contributed by atoms with Gasteiger partial charge in [-0.2, -0.15) is 5.26 Å². The third-order valence-corrected chi connectivity index (χ3v) is 2.29. The van der Waals surface area contributed by atoms with E-state index in [0.717, 1.165) is 11.1 Å². The van der Waals surface area contributed by atoms with Crippen LogP contribution in [0.15, 0.2) is 60.4 Å². The van der Waals surface area contributed by atoms with Crippen LogP contribution in [0, 0.1) is 11.3 Å². The molecule has 0 aromatic carbocycles. The molecular weight excluding hydrogens is 186 g/mol. The minimum atomic E-state index is -0.248. The standard InChI is InChI=1S/C13H13NO/c1-5-7-11(6-2)13-9(3)12(8-14)10(4)15-13/h5-7,13H,1-2,4H2,3H3/b11-7+. The lowest BCUT2D eigenvalue weighted by Crippen LogP contribution is -2.09. The van der Waals surface area contributed by atoms with Gasteiger partial charge in [-0.15, -0.1) is 0 Å². The van der Waals surface area contributed by atoms with Crippen molar-refractivity contribution in [1.29, 1.82) is 5.26 Å². The number of nitriles is 1. The summed E-state index contributed by atoms with van der Waals surface area (Å²) < 4.78 is 5.50. The first kappa shape index (κ1) is 11.1. The van der Waals surface area contributed by atoms with Gasteiger partial charge in [-0.3, -0.25) is 0 Å². The van der Waals surface area contributed by atoms with E-state index in [1.54, 1.807) is 12.2 Å². The molecule has 2 nitrogen and oxygen atoms in total. The van der Waals surface area contributed by atoms with E-state index in [1.165, 1.54) is 0 Å². The molecular formula is C13H13NO. The van der Waals surface area contributed by atoms with Gasteiger partial charge in [0.05, 0.1) is 5.57 Å². The first-order chi connectivity index (χ1) is 7.15. The van der Waals surface area contributed by atoms with Crippen LogP contribution in [0.4, 0.5) is 0 Å². The van der Waals surface area contributed by atoms with E-state index in [1.807, 2.05) is 13.0 Å². The lowest BCUT2D eigenvalue weighted by molar-refractivity contribution is 0.207. The third kappa shape index (κ3) is 1.92. The normalized spacial score (nSPS) is 20.9. The highest BCUT2D eigenvalue weighted by atomic mass is 16.5. The van der Waals surface area contributed by atoms with Crippen LogP contribution in [0.1, 0.15) is 6.92 Å². The van der Waals surface area contributed by atoms with Gasteiger partial charge in [-0.05, 0) is 18.1 Å². The van der Waals surface area contributed by atoms with Crippen LogP contribution in [0.3, 0.4) is 0 Å². The van der Waals surface area contributed by atoms with E-state index in [9.17, 15) is 0 Å². The molecule has 1 atom stereocenters. The Kier molecular flexibility index (Phi) is 3.30. The fourth-order valence-electron chi connectivity index (χ4n) is 1.51. The summed E-state index contributed by atoms with van der Waals surface area (Å²) in [5.74, 6) is 0.428. The quantitative estimate of drug-likeness (QED) is 0.654. The molecule has 1 aliphatic rings. The van der Waals surface area contributed by atoms with Crippen molar-refractivity contribution in [3.63, 3.8) is 0 Å². The molecule has 1 heterocycles. The SMILES string of the molecule is C=C/C=C(\C=C)C1OC(=C)C(C#N)=C1C. The Labute approximate surface area is 90.2 Å². The van der Waals surface area contributed by atoms with E-state index in [0.29, 0.717) is 11.3 Å². The van der Waals surface area contributed by atoms with Crippen LogP contribution in [0.25, 0.3) is 0 Å². The van der Waals surface area contributed by atoms with Gasteiger partial charge in [0.2, 0.25) is 0 Å². The average molecular weight is 199 g/mol. The zero-order valence-electron chi connectivity index (χ0n) is 8.79. The van der Waals surface area contributed by atoms with Crippen molar-refractivity contribution in [2.75, 3.05) is 0 Å². The monoisotopic (exact) mass is 199 g/mol. The second-order valence-electron chi connectivity index (χ2n) is 3.20. The van der Waals surface area contributed by atoms with Crippen molar-refractivity contribution in [3.05, 3.63) is 60.4 Å². The lowest BCUT2D eigenvalue weighted by atomic mass is 10.0. The van der Waals surface area contributed by atoms with Gasteiger partial charge in [0.1, 0.15) is 17.9 Å². The maximum absolute atomic E-state index is 8.89. The predicted octanol–water partition coefficient (Wildman–Crippen LogP) is 3.04. The van der Waals surface area contributed by atoms with Crippen LogP contribution in [-0.4, -0.2) is 6.10 Å². The van der Waals surface area contributed by atoms with E-state index in [-0.39, 0.29) is 6.10 Å². The van der Waals surface area contributed by atoms with Gasteiger partial charge >= 0.3 is 0 Å². The van der Waals surface area contributed by atoms with Gasteiger partial charge in [-0.25, -0.2) is 0 Å². The molecule has 0 saturated heterocycles. The summed E-state index contributed by atoms with van der Waals surface area (Å²) in [6, 6.07) is 2.08. The van der Waals surface area contributed by atoms with Crippen molar-refractivity contribution < 1.29 is 4.74 Å². The van der Waals surface area contributed by atoms with Crippen molar-refractivity contribution >= 4 is 0 Å². The Hall–Kier alpha value is -2.01. The lowest BCUT2D eigenvalue weighted by Gasteiger charge is -2.13. The minimum absolute atomic E-state index is 0.248. The second kappa shape index (κ2) is 4.47. The van der Waals surface area contributed by atoms with E-state index < -0.39 is 0 Å². The molecule has 0 aromatic rings. The maximum atomic E-state index is 8.89. The number of rotatable bonds is 3. The van der Waals surface area contributed by atoms with Crippen molar-refractivity contribution in [1.82, 2.24) is 0 Å². The highest BCUT2D eigenvalue weighted by Crippen LogP contribution is 2.32. The zero-order valence-corrected chi connectivity index (χ0v) is 8.79. The number of hydrogen-bond acceptors (Lipinski definition) is 2. The van der Waals surface area contributed by atoms with Crippen LogP contribution in [0.5, 0.6) is 0 Å². The molecule has 0 bridgehead atoms. The Morgan fingerprint density at radius 2 is 2.20 bits per heavy atom. The van der Waals surface area contributed by atoms with Crippen LogP contribution >= 0.6 is 0 Å². The van der Waals surface area contributed by atoms with Crippen LogP contribution in [-0.2, 0) is 4.74 Å². The third-order valence-electron chi connectivity index (χ3n) is 2.29. The topological polar surface area (TPSA) is 33.0 Å². The largest absolute Gasteiger partial charge is 0.481 e. The Morgan fingerprint density at radius 1 is 1.53 bits per heavy atom. The number of ether oxygens (including phenoxy) is 1. The van der Waals surface area contributed by atoms with Crippen LogP contribution < -0.4 is 0 Å². The van der Waals surface area contributed by atoms with E-state index in [2.05, 4.69) is 25.8 Å². The number of allylic oxidation sites excluding steroid dienone is 3. The van der Waals surface area contributed by atoms with Crippen molar-refractivity contribution in [3.8, 4) is 6.07 Å². The summed E-state index contributed by atoms with van der Waals surface area (Å²) in [5, 5.41) is 8.89. The molecule has 0 amide bonds. The highest BCUT2D eigenvalue weighted by Gasteiger charge is 2.28. The summed E-state index contributed by atoms with van der Waals surface area (Å²) in [7, 11) is 0. The first-order valence-electron chi connectivity index (χ1n) is 4.57. The van der Waals surface area contributed by atoms with Gasteiger partial charge < -0.3 is 4.74 Å². The molecule has 0 spiro atoms. The van der Waals surface area contributed by atoms with Gasteiger partial charge in [0.15, 0.2) is 0 Å². The first-order valence-corrected chi connectivity index (χ1v) is 4.57. The van der Waals surface area contributed by atoms with Crippen molar-refractivity contribution in [2.24, 2.45) is 0 Å². The van der Waals surface area contributed by atoms with Crippen LogP contribution in [0.2, 0.25) is 0 Å². The summed E-state index contributed by atoms with van der Waals surface area (Å²) in [5.41, 5.74) is 2.28. The predicted molar refractivity (Wildman–Crippen MR) is 60.8 cm³/mol. The summed E-state index contributed by atoms with van der Waals surface area (Å²) in [6.07, 6.45) is 4.93. The Bertz CT molecular complexity index is 418. The highest BCUT2D eigenvalue weighted by molar-refractivity contribution is 5.50. The Balaban J connectivity index is 3.13. The molecule has 0 aliphatic carbocycles. The molecule has 0 aromatic heterocycles. The van der Waals surface area contributed by atoms with Gasteiger partial charge in [-0.1, -0.05) is 38.0 Å². The molecule has 76 valence electrons. The van der Waals surface area contributed by atoms with Gasteiger partial charge in [0, 0.05) is 0 Å². The summed E-state index contributed by atoms with van der Waals surface area (Å²) in [6.45, 7) is 12.9. The molecule has 1 unspecified atom stereocenters. The zero-order chi connectivity index (χ0) is 11.4. The fraction of sp³-hybridized carbons (Fsp3) is 0.154. The average Bonchev–Trinajstić information content (AvgIpc) is 2.50. The maximum Gasteiger partial charge on any atom is 0.146 e. The summed E-state index contributed by atoms with van der Waals surface area (Å²) >= 11 is 0. The molecule has 0 radical (unpaired) electrons. The van der Waals surface area contributed by atoms with E-state index in [4.69, 9.17) is 10.00 Å². The molecule has 15 heavy (non-hydrogen) atoms. The molecule has 0 saturated carbocycles. The van der Waals surface area contributed by atoms with E-state index >= 15 is 0 Å². The smallest absolute Gasteiger partial charge is 0.146 e. The Morgan fingerprint density at radius 3 is 2.60 bits per heavy atom. The number of hydrogen-bond donors (Lipinski definition) is 0. The molecule has 1 rings (SSSR count). The molecule has 0 fully saturated rings. The second-order valence-corrected chi connectivity index (χ2v) is 3.20. The molecule has 2 heteroatoms. The van der Waals surface area contributed by atoms with Gasteiger partial charge in [0.25, 0.3) is 0 Å². The molecule has 0 N–H and O–H groups in total. The molecule has 1 aliphatic heterocycles. The van der Waals surface area contributed by atoms with Crippen molar-refractivity contribution in [2.45, 2.75) is 13.0 Å². The minimum Gasteiger partial charge on any atom is -0.481 e.